The molecule has 1 atom stereocenters. The minimum Gasteiger partial charge on any atom is -0.370 e. The molecule has 1 fully saturated rings. The summed E-state index contributed by atoms with van der Waals surface area (Å²) < 4.78 is 0. The number of rotatable bonds is 3. The predicted octanol–water partition coefficient (Wildman–Crippen LogP) is 0.169. The van der Waals surface area contributed by atoms with Gasteiger partial charge in [0.1, 0.15) is 6.54 Å². The molecule has 1 aliphatic rings. The van der Waals surface area contributed by atoms with E-state index in [9.17, 15) is 4.79 Å². The molecule has 3 N–H and O–H groups in total. The number of guanidine groups is 1. The molecule has 0 spiro atoms. The third-order valence-corrected chi connectivity index (χ3v) is 2.74. The van der Waals surface area contributed by atoms with Crippen molar-refractivity contribution < 1.29 is 4.79 Å². The molecule has 5 nitrogen and oxygen atoms in total. The molecule has 5 heteroatoms. The highest BCUT2D eigenvalue weighted by molar-refractivity contribution is 5.84. The molecule has 1 amide bonds. The van der Waals surface area contributed by atoms with Gasteiger partial charge in [0.15, 0.2) is 5.96 Å². The standard InChI is InChI=1S/C11H22N4O/c1-3-13-10(16)7-14-11(12)15-6-4-5-9(2)8-15/h9H,3-8H2,1-2H3,(H2,12,14)(H,13,16). The summed E-state index contributed by atoms with van der Waals surface area (Å²) in [4.78, 5) is 17.4. The van der Waals surface area contributed by atoms with Gasteiger partial charge in [-0.05, 0) is 25.7 Å². The molecule has 0 radical (unpaired) electrons. The number of hydrogen-bond acceptors (Lipinski definition) is 2. The molecule has 0 bridgehead atoms. The van der Waals surface area contributed by atoms with Crippen LogP contribution in [-0.2, 0) is 4.79 Å². The van der Waals surface area contributed by atoms with Crippen molar-refractivity contribution >= 4 is 11.9 Å². The number of piperidine rings is 1. The lowest BCUT2D eigenvalue weighted by atomic mass is 10.0. The molecule has 92 valence electrons. The van der Waals surface area contributed by atoms with Crippen molar-refractivity contribution in [1.29, 1.82) is 0 Å². The van der Waals surface area contributed by atoms with Gasteiger partial charge >= 0.3 is 0 Å². The number of carbonyl (C=O) groups excluding carboxylic acids is 1. The van der Waals surface area contributed by atoms with E-state index in [1.807, 2.05) is 6.92 Å². The van der Waals surface area contributed by atoms with Crippen LogP contribution in [0.1, 0.15) is 26.7 Å². The molecule has 0 aromatic carbocycles. The van der Waals surface area contributed by atoms with Crippen LogP contribution in [0.15, 0.2) is 4.99 Å². The monoisotopic (exact) mass is 226 g/mol. The highest BCUT2D eigenvalue weighted by atomic mass is 16.1. The van der Waals surface area contributed by atoms with E-state index in [1.54, 1.807) is 0 Å². The first-order valence-corrected chi connectivity index (χ1v) is 5.95. The van der Waals surface area contributed by atoms with E-state index in [0.29, 0.717) is 18.4 Å². The van der Waals surface area contributed by atoms with Gasteiger partial charge in [-0.3, -0.25) is 4.79 Å². The van der Waals surface area contributed by atoms with Gasteiger partial charge in [0.05, 0.1) is 0 Å². The Morgan fingerprint density at radius 2 is 2.38 bits per heavy atom. The normalized spacial score (nSPS) is 22.0. The highest BCUT2D eigenvalue weighted by Crippen LogP contribution is 2.14. The number of nitrogens with two attached hydrogens (primary N) is 1. The summed E-state index contributed by atoms with van der Waals surface area (Å²) >= 11 is 0. The Kier molecular flexibility index (Phi) is 5.08. The molecule has 0 aliphatic carbocycles. The number of nitrogens with zero attached hydrogens (tertiary/aromatic N) is 2. The minimum absolute atomic E-state index is 0.0736. The molecule has 0 aromatic heterocycles. The summed E-state index contributed by atoms with van der Waals surface area (Å²) in [5.74, 6) is 1.08. The third kappa shape index (κ3) is 4.08. The molecular formula is C11H22N4O. The molecule has 1 rings (SSSR count). The van der Waals surface area contributed by atoms with Gasteiger partial charge in [-0.15, -0.1) is 0 Å². The van der Waals surface area contributed by atoms with Crippen molar-refractivity contribution in [3.8, 4) is 0 Å². The Hall–Kier alpha value is -1.26. The van der Waals surface area contributed by atoms with E-state index in [4.69, 9.17) is 5.73 Å². The average molecular weight is 226 g/mol. The van der Waals surface area contributed by atoms with E-state index in [2.05, 4.69) is 22.1 Å². The lowest BCUT2D eigenvalue weighted by Gasteiger charge is -2.31. The van der Waals surface area contributed by atoms with Gasteiger partial charge in [-0.25, -0.2) is 4.99 Å². The second-order valence-corrected chi connectivity index (χ2v) is 4.32. The summed E-state index contributed by atoms with van der Waals surface area (Å²) in [6.45, 7) is 6.76. The maximum Gasteiger partial charge on any atom is 0.241 e. The Labute approximate surface area is 97.1 Å². The van der Waals surface area contributed by atoms with Crippen LogP contribution in [0, 0.1) is 5.92 Å². The second kappa shape index (κ2) is 6.35. The van der Waals surface area contributed by atoms with Gasteiger partial charge in [0.25, 0.3) is 0 Å². The van der Waals surface area contributed by atoms with Crippen LogP contribution < -0.4 is 11.1 Å². The first kappa shape index (κ1) is 12.8. The lowest BCUT2D eigenvalue weighted by Crippen LogP contribution is -2.44. The van der Waals surface area contributed by atoms with Crippen molar-refractivity contribution in [2.75, 3.05) is 26.2 Å². The Bertz CT molecular complexity index is 265. The number of likely N-dealkylation sites (N-methyl/N-ethyl adjacent to an activating group) is 1. The Balaban J connectivity index is 2.40. The van der Waals surface area contributed by atoms with Crippen molar-refractivity contribution in [1.82, 2.24) is 10.2 Å². The maximum atomic E-state index is 11.2. The number of aliphatic imine (C=N–C) groups is 1. The topological polar surface area (TPSA) is 70.7 Å². The third-order valence-electron chi connectivity index (χ3n) is 2.74. The summed E-state index contributed by atoms with van der Waals surface area (Å²) in [5.41, 5.74) is 5.85. The molecule has 1 unspecified atom stereocenters. The SMILES string of the molecule is CCNC(=O)CN=C(N)N1CCCC(C)C1. The van der Waals surface area contributed by atoms with E-state index in [1.165, 1.54) is 6.42 Å². The second-order valence-electron chi connectivity index (χ2n) is 4.32. The summed E-state index contributed by atoms with van der Waals surface area (Å²) in [7, 11) is 0. The number of nitrogens with one attached hydrogen (secondary N) is 1. The van der Waals surface area contributed by atoms with Crippen LogP contribution in [0.4, 0.5) is 0 Å². The van der Waals surface area contributed by atoms with Crippen molar-refractivity contribution in [2.45, 2.75) is 26.7 Å². The van der Waals surface area contributed by atoms with Crippen LogP contribution in [0.25, 0.3) is 0 Å². The van der Waals surface area contributed by atoms with Crippen LogP contribution >= 0.6 is 0 Å². The van der Waals surface area contributed by atoms with Gasteiger partial charge in [0.2, 0.25) is 5.91 Å². The molecule has 16 heavy (non-hydrogen) atoms. The number of likely N-dealkylation sites (tertiary alicyclic amines) is 1. The fourth-order valence-electron chi connectivity index (χ4n) is 1.90. The smallest absolute Gasteiger partial charge is 0.241 e. The minimum atomic E-state index is -0.0736. The Morgan fingerprint density at radius 3 is 3.00 bits per heavy atom. The Morgan fingerprint density at radius 1 is 1.62 bits per heavy atom. The van der Waals surface area contributed by atoms with Crippen LogP contribution in [0.3, 0.4) is 0 Å². The zero-order valence-corrected chi connectivity index (χ0v) is 10.2. The number of carbonyl (C=O) groups is 1. The van der Waals surface area contributed by atoms with E-state index >= 15 is 0 Å². The van der Waals surface area contributed by atoms with Crippen LogP contribution in [0.5, 0.6) is 0 Å². The molecule has 1 heterocycles. The van der Waals surface area contributed by atoms with Gasteiger partial charge in [-0.2, -0.15) is 0 Å². The van der Waals surface area contributed by atoms with Gasteiger partial charge < -0.3 is 16.0 Å². The molecular weight excluding hydrogens is 204 g/mol. The summed E-state index contributed by atoms with van der Waals surface area (Å²) in [6, 6.07) is 0. The van der Waals surface area contributed by atoms with Crippen molar-refractivity contribution in [3.63, 3.8) is 0 Å². The number of hydrogen-bond donors (Lipinski definition) is 2. The average Bonchev–Trinajstić information content (AvgIpc) is 2.26. The number of amides is 1. The van der Waals surface area contributed by atoms with Crippen molar-refractivity contribution in [3.05, 3.63) is 0 Å². The zero-order valence-electron chi connectivity index (χ0n) is 10.2. The zero-order chi connectivity index (χ0) is 12.0. The fraction of sp³-hybridized carbons (Fsp3) is 0.818. The van der Waals surface area contributed by atoms with E-state index in [0.717, 1.165) is 19.5 Å². The first-order chi connectivity index (χ1) is 7.63. The molecule has 1 saturated heterocycles. The molecule has 0 aromatic rings. The quantitative estimate of drug-likeness (QED) is 0.532. The van der Waals surface area contributed by atoms with Crippen molar-refractivity contribution in [2.24, 2.45) is 16.6 Å². The predicted molar refractivity (Wildman–Crippen MR) is 65.1 cm³/mol. The fourth-order valence-corrected chi connectivity index (χ4v) is 1.90. The maximum absolute atomic E-state index is 11.2. The first-order valence-electron chi connectivity index (χ1n) is 5.95. The molecule has 1 aliphatic heterocycles. The van der Waals surface area contributed by atoms with E-state index < -0.39 is 0 Å². The van der Waals surface area contributed by atoms with Gasteiger partial charge in [-0.1, -0.05) is 6.92 Å². The lowest BCUT2D eigenvalue weighted by molar-refractivity contribution is -0.119. The largest absolute Gasteiger partial charge is 0.370 e. The van der Waals surface area contributed by atoms with E-state index in [-0.39, 0.29) is 12.5 Å². The van der Waals surface area contributed by atoms with Crippen LogP contribution in [-0.4, -0.2) is 42.9 Å². The molecule has 0 saturated carbocycles. The van der Waals surface area contributed by atoms with Crippen LogP contribution in [0.2, 0.25) is 0 Å². The summed E-state index contributed by atoms with van der Waals surface area (Å²) in [6.07, 6.45) is 2.40. The highest BCUT2D eigenvalue weighted by Gasteiger charge is 2.17. The summed E-state index contributed by atoms with van der Waals surface area (Å²) in [5, 5.41) is 2.69. The van der Waals surface area contributed by atoms with Gasteiger partial charge in [0, 0.05) is 19.6 Å².